The Bertz CT molecular complexity index is 623. The molecular formula is C15H18N2O5. The molecule has 0 fully saturated rings. The van der Waals surface area contributed by atoms with E-state index in [9.17, 15) is 20.3 Å². The normalized spacial score (nSPS) is 13.8. The van der Waals surface area contributed by atoms with E-state index < -0.39 is 17.1 Å². The average molecular weight is 306 g/mol. The van der Waals surface area contributed by atoms with Gasteiger partial charge in [0, 0.05) is 12.1 Å². The minimum absolute atomic E-state index is 0.0457. The van der Waals surface area contributed by atoms with Gasteiger partial charge in [-0.1, -0.05) is 0 Å². The standard InChI is InChI=1S/C15H18N2O5/c1-10-6-7-22-14(10)8-16-13(9-18)15(19)11-2-4-12(5-3-11)17(20)21/h2-7,13,15-16,18-19H,8-9H2,1H3/t13-,15-/m1/s1. The first-order valence-electron chi connectivity index (χ1n) is 6.82. The minimum atomic E-state index is -0.985. The maximum Gasteiger partial charge on any atom is 0.269 e. The summed E-state index contributed by atoms with van der Waals surface area (Å²) in [6.45, 7) is 1.99. The van der Waals surface area contributed by atoms with Crippen molar-refractivity contribution in [2.45, 2.75) is 25.6 Å². The second-order valence-electron chi connectivity index (χ2n) is 4.99. The van der Waals surface area contributed by atoms with Crippen molar-refractivity contribution in [2.24, 2.45) is 0 Å². The van der Waals surface area contributed by atoms with Gasteiger partial charge in [0.15, 0.2) is 0 Å². The summed E-state index contributed by atoms with van der Waals surface area (Å²) < 4.78 is 5.29. The van der Waals surface area contributed by atoms with E-state index in [2.05, 4.69) is 5.32 Å². The summed E-state index contributed by atoms with van der Waals surface area (Å²) in [6, 6.07) is 6.83. The van der Waals surface area contributed by atoms with Crippen LogP contribution in [0.15, 0.2) is 41.0 Å². The van der Waals surface area contributed by atoms with Crippen molar-refractivity contribution in [3.63, 3.8) is 0 Å². The molecule has 0 unspecified atom stereocenters. The first-order valence-corrected chi connectivity index (χ1v) is 6.82. The third-order valence-electron chi connectivity index (χ3n) is 3.52. The summed E-state index contributed by atoms with van der Waals surface area (Å²) >= 11 is 0. The second kappa shape index (κ2) is 7.17. The van der Waals surface area contributed by atoms with Crippen molar-refractivity contribution in [3.8, 4) is 0 Å². The number of non-ortho nitro benzene ring substituents is 1. The highest BCUT2D eigenvalue weighted by atomic mass is 16.6. The van der Waals surface area contributed by atoms with E-state index in [1.54, 1.807) is 6.26 Å². The van der Waals surface area contributed by atoms with Crippen LogP contribution in [-0.2, 0) is 6.54 Å². The molecule has 2 atom stereocenters. The van der Waals surface area contributed by atoms with Crippen molar-refractivity contribution in [2.75, 3.05) is 6.61 Å². The lowest BCUT2D eigenvalue weighted by atomic mass is 10.0. The number of nitrogens with zero attached hydrogens (tertiary/aromatic N) is 1. The number of hydrogen-bond donors (Lipinski definition) is 3. The van der Waals surface area contributed by atoms with E-state index in [1.165, 1.54) is 24.3 Å². The van der Waals surface area contributed by atoms with Crippen LogP contribution in [0.3, 0.4) is 0 Å². The van der Waals surface area contributed by atoms with Crippen molar-refractivity contribution in [1.29, 1.82) is 0 Å². The Hall–Kier alpha value is -2.22. The number of nitro groups is 1. The molecule has 0 saturated carbocycles. The molecular weight excluding hydrogens is 288 g/mol. The fourth-order valence-electron chi connectivity index (χ4n) is 2.11. The van der Waals surface area contributed by atoms with E-state index in [4.69, 9.17) is 4.42 Å². The van der Waals surface area contributed by atoms with Crippen LogP contribution in [0, 0.1) is 17.0 Å². The Morgan fingerprint density at radius 3 is 2.50 bits per heavy atom. The first-order chi connectivity index (χ1) is 10.5. The first kappa shape index (κ1) is 16.2. The topological polar surface area (TPSA) is 109 Å². The molecule has 1 heterocycles. The SMILES string of the molecule is Cc1ccoc1CN[C@H](CO)[C@H](O)c1ccc([N+](=O)[O-])cc1. The maximum atomic E-state index is 10.6. The highest BCUT2D eigenvalue weighted by Crippen LogP contribution is 2.21. The summed E-state index contributed by atoms with van der Waals surface area (Å²) in [4.78, 5) is 10.1. The van der Waals surface area contributed by atoms with Gasteiger partial charge in [-0.25, -0.2) is 0 Å². The molecule has 0 saturated heterocycles. The maximum absolute atomic E-state index is 10.6. The lowest BCUT2D eigenvalue weighted by molar-refractivity contribution is -0.384. The van der Waals surface area contributed by atoms with Gasteiger partial charge in [0.05, 0.1) is 36.5 Å². The number of aliphatic hydroxyl groups is 2. The summed E-state index contributed by atoms with van der Waals surface area (Å²) in [5.74, 6) is 0.731. The van der Waals surface area contributed by atoms with Gasteiger partial charge < -0.3 is 19.9 Å². The Labute approximate surface area is 127 Å². The molecule has 2 aromatic rings. The van der Waals surface area contributed by atoms with Gasteiger partial charge in [-0.15, -0.1) is 0 Å². The van der Waals surface area contributed by atoms with E-state index in [-0.39, 0.29) is 12.3 Å². The fourth-order valence-corrected chi connectivity index (χ4v) is 2.11. The quantitative estimate of drug-likeness (QED) is 0.530. The number of hydrogen-bond acceptors (Lipinski definition) is 6. The molecule has 0 aliphatic carbocycles. The Kier molecular flexibility index (Phi) is 5.26. The van der Waals surface area contributed by atoms with Gasteiger partial charge in [0.25, 0.3) is 5.69 Å². The van der Waals surface area contributed by atoms with Gasteiger partial charge in [-0.2, -0.15) is 0 Å². The van der Waals surface area contributed by atoms with Crippen LogP contribution in [0.4, 0.5) is 5.69 Å². The summed E-state index contributed by atoms with van der Waals surface area (Å²) in [5, 5.41) is 33.4. The molecule has 1 aromatic heterocycles. The monoisotopic (exact) mass is 306 g/mol. The number of rotatable bonds is 7. The van der Waals surface area contributed by atoms with Gasteiger partial charge in [0.2, 0.25) is 0 Å². The zero-order valence-corrected chi connectivity index (χ0v) is 12.1. The van der Waals surface area contributed by atoms with Gasteiger partial charge in [0.1, 0.15) is 5.76 Å². The third kappa shape index (κ3) is 3.70. The van der Waals surface area contributed by atoms with Crippen LogP contribution in [0.5, 0.6) is 0 Å². The lowest BCUT2D eigenvalue weighted by Crippen LogP contribution is -2.37. The third-order valence-corrected chi connectivity index (χ3v) is 3.52. The zero-order valence-electron chi connectivity index (χ0n) is 12.1. The molecule has 7 nitrogen and oxygen atoms in total. The molecule has 0 aliphatic rings. The number of aryl methyl sites for hydroxylation is 1. The van der Waals surface area contributed by atoms with Crippen LogP contribution < -0.4 is 5.32 Å². The summed E-state index contributed by atoms with van der Waals surface area (Å²) in [7, 11) is 0. The van der Waals surface area contributed by atoms with Crippen LogP contribution in [0.2, 0.25) is 0 Å². The van der Waals surface area contributed by atoms with Gasteiger partial charge >= 0.3 is 0 Å². The summed E-state index contributed by atoms with van der Waals surface area (Å²) in [6.07, 6.45) is 0.591. The number of furan rings is 1. The van der Waals surface area contributed by atoms with Crippen molar-refractivity contribution >= 4 is 5.69 Å². The van der Waals surface area contributed by atoms with Gasteiger partial charge in [-0.05, 0) is 36.2 Å². The fraction of sp³-hybridized carbons (Fsp3) is 0.333. The van der Waals surface area contributed by atoms with Crippen molar-refractivity contribution in [1.82, 2.24) is 5.32 Å². The van der Waals surface area contributed by atoms with Crippen LogP contribution in [-0.4, -0.2) is 27.8 Å². The second-order valence-corrected chi connectivity index (χ2v) is 4.99. The van der Waals surface area contributed by atoms with Crippen molar-refractivity contribution < 1.29 is 19.6 Å². The number of nitro benzene ring substituents is 1. The zero-order chi connectivity index (χ0) is 16.1. The molecule has 0 bridgehead atoms. The molecule has 2 rings (SSSR count). The highest BCUT2D eigenvalue weighted by molar-refractivity contribution is 5.34. The molecule has 22 heavy (non-hydrogen) atoms. The number of aliphatic hydroxyl groups excluding tert-OH is 2. The lowest BCUT2D eigenvalue weighted by Gasteiger charge is -2.22. The minimum Gasteiger partial charge on any atom is -0.468 e. The molecule has 0 spiro atoms. The predicted octanol–water partition coefficient (Wildman–Crippen LogP) is 1.68. The number of benzene rings is 1. The molecule has 7 heteroatoms. The molecule has 0 amide bonds. The van der Waals surface area contributed by atoms with Crippen molar-refractivity contribution in [3.05, 3.63) is 63.6 Å². The van der Waals surface area contributed by atoms with E-state index in [1.807, 2.05) is 13.0 Å². The number of nitrogens with one attached hydrogen (secondary N) is 1. The molecule has 3 N–H and O–H groups in total. The Balaban J connectivity index is 2.03. The Morgan fingerprint density at radius 2 is 2.00 bits per heavy atom. The molecule has 118 valence electrons. The molecule has 1 aromatic carbocycles. The van der Waals surface area contributed by atoms with Crippen LogP contribution in [0.1, 0.15) is 23.0 Å². The van der Waals surface area contributed by atoms with E-state index >= 15 is 0 Å². The van der Waals surface area contributed by atoms with Crippen LogP contribution in [0.25, 0.3) is 0 Å². The predicted molar refractivity (Wildman–Crippen MR) is 79.2 cm³/mol. The smallest absolute Gasteiger partial charge is 0.269 e. The van der Waals surface area contributed by atoms with E-state index in [0.717, 1.165) is 11.3 Å². The average Bonchev–Trinajstić information content (AvgIpc) is 2.93. The summed E-state index contributed by atoms with van der Waals surface area (Å²) in [5.41, 5.74) is 1.43. The van der Waals surface area contributed by atoms with E-state index in [0.29, 0.717) is 12.1 Å². The van der Waals surface area contributed by atoms with Crippen LogP contribution >= 0.6 is 0 Å². The Morgan fingerprint density at radius 1 is 1.32 bits per heavy atom. The largest absolute Gasteiger partial charge is 0.468 e. The molecule has 0 aliphatic heterocycles. The highest BCUT2D eigenvalue weighted by Gasteiger charge is 2.21. The van der Waals surface area contributed by atoms with Gasteiger partial charge in [-0.3, -0.25) is 10.1 Å². The molecule has 0 radical (unpaired) electrons.